The third-order valence-electron chi connectivity index (χ3n) is 4.14. The Kier molecular flexibility index (Phi) is 5.42. The number of rotatable bonds is 6. The SMILES string of the molecule is C[Si](C)(C)CCOCn1c(-c2ccnc(C#N)c2)cc2cnc(Cl)cc21. The predicted octanol–water partition coefficient (Wildman–Crippen LogP) is 4.94. The van der Waals surface area contributed by atoms with Gasteiger partial charge >= 0.3 is 0 Å². The molecule has 3 aromatic heterocycles. The number of hydrogen-bond acceptors (Lipinski definition) is 4. The molecule has 3 rings (SSSR count). The van der Waals surface area contributed by atoms with Gasteiger partial charge in [0.25, 0.3) is 0 Å². The van der Waals surface area contributed by atoms with Crippen molar-refractivity contribution < 1.29 is 4.74 Å². The summed E-state index contributed by atoms with van der Waals surface area (Å²) in [4.78, 5) is 8.22. The molecule has 134 valence electrons. The maximum Gasteiger partial charge on any atom is 0.141 e. The van der Waals surface area contributed by atoms with Gasteiger partial charge in [-0.25, -0.2) is 9.97 Å². The minimum Gasteiger partial charge on any atom is -0.361 e. The number of pyridine rings is 2. The van der Waals surface area contributed by atoms with E-state index in [-0.39, 0.29) is 0 Å². The molecule has 26 heavy (non-hydrogen) atoms. The fraction of sp³-hybridized carbons (Fsp3) is 0.316. The smallest absolute Gasteiger partial charge is 0.141 e. The van der Waals surface area contributed by atoms with E-state index >= 15 is 0 Å². The molecule has 0 amide bonds. The van der Waals surface area contributed by atoms with Crippen molar-refractivity contribution in [1.82, 2.24) is 14.5 Å². The topological polar surface area (TPSA) is 63.7 Å². The molecule has 0 saturated heterocycles. The highest BCUT2D eigenvalue weighted by Crippen LogP contribution is 2.29. The standard InChI is InChI=1S/C19H21ClN4OSi/c1-26(2,3)7-6-25-13-24-17(14-4-5-22-16(8-14)11-21)9-15-12-23-19(20)10-18(15)24/h4-5,8-10,12H,6-7,13H2,1-3H3. The van der Waals surface area contributed by atoms with Crippen molar-refractivity contribution >= 4 is 30.6 Å². The minimum atomic E-state index is -1.14. The summed E-state index contributed by atoms with van der Waals surface area (Å²) in [6, 6.07) is 10.7. The third-order valence-corrected chi connectivity index (χ3v) is 6.05. The summed E-state index contributed by atoms with van der Waals surface area (Å²) in [5.74, 6) is 0. The molecule has 5 nitrogen and oxygen atoms in total. The highest BCUT2D eigenvalue weighted by atomic mass is 35.5. The maximum atomic E-state index is 9.14. The van der Waals surface area contributed by atoms with Gasteiger partial charge < -0.3 is 9.30 Å². The molecular weight excluding hydrogens is 364 g/mol. The van der Waals surface area contributed by atoms with E-state index in [1.807, 2.05) is 18.2 Å². The minimum absolute atomic E-state index is 0.384. The molecule has 0 spiro atoms. The van der Waals surface area contributed by atoms with Gasteiger partial charge in [-0.2, -0.15) is 5.26 Å². The molecule has 0 aliphatic rings. The monoisotopic (exact) mass is 384 g/mol. The van der Waals surface area contributed by atoms with E-state index in [1.165, 1.54) is 0 Å². The quantitative estimate of drug-likeness (QED) is 0.343. The van der Waals surface area contributed by atoms with Crippen LogP contribution in [0.2, 0.25) is 30.8 Å². The van der Waals surface area contributed by atoms with Crippen LogP contribution >= 0.6 is 11.6 Å². The highest BCUT2D eigenvalue weighted by Gasteiger charge is 2.15. The summed E-state index contributed by atoms with van der Waals surface area (Å²) in [7, 11) is -1.14. The van der Waals surface area contributed by atoms with Gasteiger partial charge in [-0.1, -0.05) is 31.2 Å². The molecule has 0 aromatic carbocycles. The zero-order valence-electron chi connectivity index (χ0n) is 15.2. The summed E-state index contributed by atoms with van der Waals surface area (Å²) >= 11 is 6.10. The fourth-order valence-corrected chi connectivity index (χ4v) is 3.60. The van der Waals surface area contributed by atoms with Gasteiger partial charge in [-0.15, -0.1) is 0 Å². The van der Waals surface area contributed by atoms with Gasteiger partial charge in [0.15, 0.2) is 0 Å². The van der Waals surface area contributed by atoms with E-state index in [0.29, 0.717) is 17.6 Å². The van der Waals surface area contributed by atoms with Crippen LogP contribution in [0.3, 0.4) is 0 Å². The molecule has 0 aliphatic heterocycles. The summed E-state index contributed by atoms with van der Waals surface area (Å²) < 4.78 is 8.05. The van der Waals surface area contributed by atoms with Crippen LogP contribution in [0, 0.1) is 11.3 Å². The molecule has 3 aromatic rings. The fourth-order valence-electron chi connectivity index (χ4n) is 2.69. The maximum absolute atomic E-state index is 9.14. The van der Waals surface area contributed by atoms with Gasteiger partial charge in [0, 0.05) is 38.0 Å². The molecule has 7 heteroatoms. The summed E-state index contributed by atoms with van der Waals surface area (Å²) in [5.41, 5.74) is 3.21. The molecule has 0 aliphatic carbocycles. The molecule has 0 saturated carbocycles. The van der Waals surface area contributed by atoms with Crippen LogP contribution < -0.4 is 0 Å². The molecule has 0 fully saturated rings. The van der Waals surface area contributed by atoms with E-state index in [9.17, 15) is 0 Å². The Balaban J connectivity index is 1.98. The molecule has 0 N–H and O–H groups in total. The van der Waals surface area contributed by atoms with E-state index in [4.69, 9.17) is 21.6 Å². The third kappa shape index (κ3) is 4.30. The number of halogens is 1. The normalized spacial score (nSPS) is 11.7. The Hall–Kier alpha value is -2.20. The van der Waals surface area contributed by atoms with Crippen molar-refractivity contribution in [3.63, 3.8) is 0 Å². The largest absolute Gasteiger partial charge is 0.361 e. The van der Waals surface area contributed by atoms with Gasteiger partial charge in [0.1, 0.15) is 23.6 Å². The second-order valence-electron chi connectivity index (χ2n) is 7.41. The summed E-state index contributed by atoms with van der Waals surface area (Å²) in [6.07, 6.45) is 3.40. The summed E-state index contributed by atoms with van der Waals surface area (Å²) in [6.45, 7) is 8.15. The molecule has 0 atom stereocenters. The van der Waals surface area contributed by atoms with Gasteiger partial charge in [0.2, 0.25) is 0 Å². The van der Waals surface area contributed by atoms with Gasteiger partial charge in [-0.05, 0) is 30.3 Å². The van der Waals surface area contributed by atoms with Crippen molar-refractivity contribution in [1.29, 1.82) is 5.26 Å². The van der Waals surface area contributed by atoms with Crippen LogP contribution in [0.5, 0.6) is 0 Å². The molecule has 3 heterocycles. The second kappa shape index (κ2) is 7.58. The molecule has 0 bridgehead atoms. The van der Waals surface area contributed by atoms with E-state index in [0.717, 1.165) is 34.8 Å². The zero-order valence-corrected chi connectivity index (χ0v) is 16.9. The van der Waals surface area contributed by atoms with Crippen molar-refractivity contribution in [2.75, 3.05) is 6.61 Å². The average molecular weight is 385 g/mol. The Morgan fingerprint density at radius 2 is 2.04 bits per heavy atom. The second-order valence-corrected chi connectivity index (χ2v) is 13.4. The zero-order chi connectivity index (χ0) is 18.7. The van der Waals surface area contributed by atoms with E-state index in [2.05, 4.69) is 40.2 Å². The Bertz CT molecular complexity index is 972. The van der Waals surface area contributed by atoms with Crippen LogP contribution in [0.4, 0.5) is 0 Å². The lowest BCUT2D eigenvalue weighted by Gasteiger charge is -2.17. The van der Waals surface area contributed by atoms with Crippen molar-refractivity contribution in [3.8, 4) is 17.3 Å². The Morgan fingerprint density at radius 1 is 1.23 bits per heavy atom. The number of nitriles is 1. The van der Waals surface area contributed by atoms with Gasteiger partial charge in [-0.3, -0.25) is 0 Å². The first kappa shape index (κ1) is 18.6. The Morgan fingerprint density at radius 3 is 2.77 bits per heavy atom. The number of aromatic nitrogens is 3. The van der Waals surface area contributed by atoms with Crippen molar-refractivity contribution in [2.24, 2.45) is 0 Å². The van der Waals surface area contributed by atoms with Crippen LogP contribution in [-0.4, -0.2) is 29.2 Å². The average Bonchev–Trinajstić information content (AvgIpc) is 2.96. The van der Waals surface area contributed by atoms with Crippen LogP contribution in [0.25, 0.3) is 22.2 Å². The predicted molar refractivity (Wildman–Crippen MR) is 107 cm³/mol. The van der Waals surface area contributed by atoms with Crippen molar-refractivity contribution in [2.45, 2.75) is 32.4 Å². The summed E-state index contributed by atoms with van der Waals surface area (Å²) in [5, 5.41) is 10.6. The highest BCUT2D eigenvalue weighted by molar-refractivity contribution is 6.76. The van der Waals surface area contributed by atoms with Crippen molar-refractivity contribution in [3.05, 3.63) is 47.5 Å². The van der Waals surface area contributed by atoms with Crippen LogP contribution in [0.15, 0.2) is 36.7 Å². The lowest BCUT2D eigenvalue weighted by atomic mass is 10.1. The molecule has 0 radical (unpaired) electrons. The number of hydrogen-bond donors (Lipinski definition) is 0. The first-order valence-corrected chi connectivity index (χ1v) is 12.5. The van der Waals surface area contributed by atoms with Crippen LogP contribution in [-0.2, 0) is 11.5 Å². The molecular formula is C19H21ClN4OSi. The lowest BCUT2D eigenvalue weighted by Crippen LogP contribution is -2.22. The number of fused-ring (bicyclic) bond motifs is 1. The van der Waals surface area contributed by atoms with Gasteiger partial charge in [0.05, 0.1) is 11.2 Å². The number of ether oxygens (including phenoxy) is 1. The lowest BCUT2D eigenvalue weighted by molar-refractivity contribution is 0.0913. The van der Waals surface area contributed by atoms with E-state index in [1.54, 1.807) is 18.5 Å². The number of nitrogens with zero attached hydrogens (tertiary/aromatic N) is 4. The first-order valence-electron chi connectivity index (χ1n) is 8.46. The Labute approximate surface area is 159 Å². The first-order chi connectivity index (χ1) is 12.4. The van der Waals surface area contributed by atoms with Crippen LogP contribution in [0.1, 0.15) is 5.69 Å². The molecule has 0 unspecified atom stereocenters. The van der Waals surface area contributed by atoms with E-state index < -0.39 is 8.07 Å².